The van der Waals surface area contributed by atoms with Crippen LogP contribution in [0.2, 0.25) is 0 Å². The van der Waals surface area contributed by atoms with Crippen LogP contribution in [0.15, 0.2) is 42.6 Å². The van der Waals surface area contributed by atoms with Crippen molar-refractivity contribution < 1.29 is 46.3 Å². The third-order valence-corrected chi connectivity index (χ3v) is 12.5. The van der Waals surface area contributed by atoms with Gasteiger partial charge in [-0.2, -0.15) is 0 Å². The molecule has 0 fully saturated rings. The average molecular weight is 714 g/mol. The lowest BCUT2D eigenvalue weighted by Gasteiger charge is -2.32. The molecule has 0 saturated carbocycles. The molecule has 0 aliphatic carbocycles. The summed E-state index contributed by atoms with van der Waals surface area (Å²) in [6, 6.07) is 11.0. The van der Waals surface area contributed by atoms with Gasteiger partial charge in [0.1, 0.15) is 11.9 Å². The van der Waals surface area contributed by atoms with E-state index < -0.39 is 44.2 Å². The molecule has 1 aromatic carbocycles. The van der Waals surface area contributed by atoms with E-state index in [0.29, 0.717) is 17.3 Å². The number of aromatic nitrogens is 1. The van der Waals surface area contributed by atoms with Gasteiger partial charge in [0.25, 0.3) is 0 Å². The molecular formula is C33H53N3O10P2. The van der Waals surface area contributed by atoms with Crippen LogP contribution in [0.4, 0.5) is 10.5 Å². The molecule has 0 aliphatic heterocycles. The van der Waals surface area contributed by atoms with Crippen LogP contribution in [0.25, 0.3) is 0 Å². The molecule has 270 valence electrons. The first-order valence-corrected chi connectivity index (χ1v) is 19.4. The maximum atomic E-state index is 13.7. The van der Waals surface area contributed by atoms with E-state index in [1.165, 1.54) is 11.8 Å². The number of carbonyl (C=O) groups excluding carboxylic acids is 2. The summed E-state index contributed by atoms with van der Waals surface area (Å²) in [7, 11) is -8.39. The van der Waals surface area contributed by atoms with Crippen molar-refractivity contribution in [2.24, 2.45) is 5.41 Å². The number of nitrogens with one attached hydrogen (secondary N) is 2. The van der Waals surface area contributed by atoms with Crippen LogP contribution in [0, 0.1) is 5.41 Å². The highest BCUT2D eigenvalue weighted by molar-refractivity contribution is 7.72. The van der Waals surface area contributed by atoms with Crippen LogP contribution >= 0.6 is 15.2 Å². The van der Waals surface area contributed by atoms with E-state index >= 15 is 0 Å². The zero-order chi connectivity index (χ0) is 36.2. The monoisotopic (exact) mass is 713 g/mol. The van der Waals surface area contributed by atoms with Crippen LogP contribution < -0.4 is 15.4 Å². The smallest absolute Gasteiger partial charge is 0.411 e. The molecule has 0 aliphatic rings. The van der Waals surface area contributed by atoms with E-state index in [0.717, 1.165) is 0 Å². The van der Waals surface area contributed by atoms with Crippen LogP contribution in [-0.4, -0.2) is 55.0 Å². The van der Waals surface area contributed by atoms with Crippen molar-refractivity contribution in [3.05, 3.63) is 48.2 Å². The first-order valence-electron chi connectivity index (χ1n) is 16.2. The summed E-state index contributed by atoms with van der Waals surface area (Å²) in [5.41, 5.74) is -0.667. The van der Waals surface area contributed by atoms with Crippen molar-refractivity contribution in [2.75, 3.05) is 31.7 Å². The average Bonchev–Trinajstić information content (AvgIpc) is 2.98. The predicted molar refractivity (Wildman–Crippen MR) is 186 cm³/mol. The van der Waals surface area contributed by atoms with E-state index in [-0.39, 0.29) is 44.7 Å². The SMILES string of the molecule is CCOP(=O)(OCC)C(NC(=O)CCC(OC(=O)Nc1ccc(Oc2ccc(C(C)(C)C)cc2)nc1)C(C)(C)C)P(=O)(OCC)OCC. The van der Waals surface area contributed by atoms with E-state index in [9.17, 15) is 18.7 Å². The number of benzene rings is 1. The summed E-state index contributed by atoms with van der Waals surface area (Å²) < 4.78 is 60.7. The molecule has 1 aromatic heterocycles. The zero-order valence-electron chi connectivity index (χ0n) is 29.9. The summed E-state index contributed by atoms with van der Waals surface area (Å²) in [5, 5.41) is 5.18. The van der Waals surface area contributed by atoms with E-state index in [1.54, 1.807) is 39.8 Å². The second kappa shape index (κ2) is 18.3. The number of rotatable bonds is 18. The van der Waals surface area contributed by atoms with Gasteiger partial charge < -0.3 is 32.9 Å². The van der Waals surface area contributed by atoms with Crippen molar-refractivity contribution in [3.8, 4) is 11.6 Å². The van der Waals surface area contributed by atoms with Gasteiger partial charge in [0.15, 0.2) is 0 Å². The summed E-state index contributed by atoms with van der Waals surface area (Å²) in [6.45, 7) is 18.3. The Bertz CT molecular complexity index is 1360. The molecule has 1 atom stereocenters. The van der Waals surface area contributed by atoms with Gasteiger partial charge in [-0.05, 0) is 68.7 Å². The number of carbonyl (C=O) groups is 2. The van der Waals surface area contributed by atoms with Gasteiger partial charge in [0.2, 0.25) is 17.3 Å². The topological polar surface area (TPSA) is 161 Å². The number of nitrogens with zero attached hydrogens (tertiary/aromatic N) is 1. The molecule has 0 spiro atoms. The minimum Gasteiger partial charge on any atom is -0.445 e. The Labute approximate surface area is 285 Å². The maximum absolute atomic E-state index is 13.7. The molecule has 0 bridgehead atoms. The Hall–Kier alpha value is -2.79. The van der Waals surface area contributed by atoms with Crippen molar-refractivity contribution >= 4 is 32.9 Å². The fraction of sp³-hybridized carbons (Fsp3) is 0.606. The number of hydrogen-bond acceptors (Lipinski definition) is 11. The third-order valence-electron chi connectivity index (χ3n) is 6.90. The highest BCUT2D eigenvalue weighted by Crippen LogP contribution is 2.69. The van der Waals surface area contributed by atoms with Gasteiger partial charge in [-0.3, -0.25) is 19.2 Å². The van der Waals surface area contributed by atoms with Crippen LogP contribution in [0.1, 0.15) is 87.6 Å². The second-order valence-corrected chi connectivity index (χ2v) is 17.5. The molecule has 2 N–H and O–H groups in total. The minimum absolute atomic E-state index is 0.0264. The van der Waals surface area contributed by atoms with Gasteiger partial charge in [0, 0.05) is 12.5 Å². The Morgan fingerprint density at radius 1 is 0.792 bits per heavy atom. The molecule has 48 heavy (non-hydrogen) atoms. The minimum atomic E-state index is -4.19. The Morgan fingerprint density at radius 3 is 1.73 bits per heavy atom. The Balaban J connectivity index is 2.09. The molecule has 2 amide bonds. The van der Waals surface area contributed by atoms with Gasteiger partial charge in [-0.15, -0.1) is 0 Å². The first kappa shape index (κ1) is 41.4. The largest absolute Gasteiger partial charge is 0.445 e. The molecular weight excluding hydrogens is 660 g/mol. The van der Waals surface area contributed by atoms with Crippen LogP contribution in [0.3, 0.4) is 0 Å². The molecule has 2 aromatic rings. The van der Waals surface area contributed by atoms with Crippen LogP contribution in [0.5, 0.6) is 11.6 Å². The van der Waals surface area contributed by atoms with Gasteiger partial charge in [0.05, 0.1) is 38.3 Å². The van der Waals surface area contributed by atoms with Gasteiger partial charge in [-0.1, -0.05) is 53.7 Å². The van der Waals surface area contributed by atoms with Crippen molar-refractivity contribution in [3.63, 3.8) is 0 Å². The number of anilines is 1. The number of hydrogen-bond donors (Lipinski definition) is 2. The summed E-state index contributed by atoms with van der Waals surface area (Å²) in [4.78, 5) is 30.4. The van der Waals surface area contributed by atoms with Gasteiger partial charge in [-0.25, -0.2) is 9.78 Å². The van der Waals surface area contributed by atoms with Crippen molar-refractivity contribution in [2.45, 2.75) is 99.1 Å². The van der Waals surface area contributed by atoms with Gasteiger partial charge >= 0.3 is 21.3 Å². The lowest BCUT2D eigenvalue weighted by molar-refractivity contribution is -0.122. The fourth-order valence-electron chi connectivity index (χ4n) is 4.49. The molecule has 0 radical (unpaired) electrons. The second-order valence-electron chi connectivity index (χ2n) is 12.9. The highest BCUT2D eigenvalue weighted by atomic mass is 31.2. The third kappa shape index (κ3) is 12.6. The summed E-state index contributed by atoms with van der Waals surface area (Å²) >= 11 is 0. The standard InChI is InChI=1S/C33H53N3O10P2/c1-11-41-47(39,42-12-2)31(48(40,43-13-3)44-14-4)36-28(37)21-20-27(33(8,9)10)46-30(38)35-25-17-22-29(34-23-25)45-26-18-15-24(16-19-26)32(5,6)7/h15-19,22-23,27,31H,11-14,20-21H2,1-10H3,(H,35,38)(H,36,37). The zero-order valence-corrected chi connectivity index (χ0v) is 31.7. The number of pyridine rings is 1. The Morgan fingerprint density at radius 2 is 1.31 bits per heavy atom. The molecule has 0 saturated heterocycles. The number of amides is 2. The fourth-order valence-corrected chi connectivity index (χ4v) is 9.43. The normalized spacial score (nSPS) is 13.2. The molecule has 1 unspecified atom stereocenters. The highest BCUT2D eigenvalue weighted by Gasteiger charge is 2.52. The maximum Gasteiger partial charge on any atom is 0.411 e. The predicted octanol–water partition coefficient (Wildman–Crippen LogP) is 8.85. The first-order chi connectivity index (χ1) is 22.4. The Kier molecular flexibility index (Phi) is 15.8. The quantitative estimate of drug-likeness (QED) is 0.142. The van der Waals surface area contributed by atoms with Crippen molar-refractivity contribution in [1.29, 1.82) is 0 Å². The van der Waals surface area contributed by atoms with E-state index in [1.807, 2.05) is 45.0 Å². The lowest BCUT2D eigenvalue weighted by atomic mass is 9.86. The molecule has 15 heteroatoms. The molecule has 2 rings (SSSR count). The molecule has 13 nitrogen and oxygen atoms in total. The lowest BCUT2D eigenvalue weighted by Crippen LogP contribution is -2.39. The summed E-state index contributed by atoms with van der Waals surface area (Å²) in [5.74, 6) is 0.354. The molecule has 1 heterocycles. The summed E-state index contributed by atoms with van der Waals surface area (Å²) in [6.07, 6.45) is -0.0909. The van der Waals surface area contributed by atoms with E-state index in [2.05, 4.69) is 36.4 Å². The van der Waals surface area contributed by atoms with E-state index in [4.69, 9.17) is 27.6 Å². The number of ether oxygens (including phenoxy) is 2. The van der Waals surface area contributed by atoms with Crippen molar-refractivity contribution in [1.82, 2.24) is 10.3 Å². The van der Waals surface area contributed by atoms with Crippen LogP contribution in [-0.2, 0) is 42.2 Å².